The standard InChI is InChI=1S/3C11H9NO2.Fe/c3*1-7-2-4-9-8(6-7)3-5-10(13)11(9)12-14;/h3*2-6,13H,1H3;/p-3. The molecule has 6 aromatic rings. The topological polar surface area (TPSA) is 157 Å². The van der Waals surface area contributed by atoms with Crippen molar-refractivity contribution in [3.8, 4) is 17.2 Å². The smallest absolute Gasteiger partial charge is 0.107 e. The Labute approximate surface area is 257 Å². The molecule has 0 fully saturated rings. The van der Waals surface area contributed by atoms with Crippen molar-refractivity contribution in [3.05, 3.63) is 122 Å². The monoisotopic (exact) mass is 614 g/mol. The van der Waals surface area contributed by atoms with Crippen LogP contribution in [0.5, 0.6) is 17.2 Å². The van der Waals surface area contributed by atoms with E-state index in [1.807, 2.05) is 57.2 Å². The second-order valence-corrected chi connectivity index (χ2v) is 9.68. The molecule has 0 saturated heterocycles. The molecule has 9 nitrogen and oxygen atoms in total. The Bertz CT molecular complexity index is 1750. The van der Waals surface area contributed by atoms with Gasteiger partial charge in [0.2, 0.25) is 0 Å². The number of hydrogen-bond donors (Lipinski definition) is 0. The van der Waals surface area contributed by atoms with E-state index in [2.05, 4.69) is 15.5 Å². The summed E-state index contributed by atoms with van der Waals surface area (Å²) in [4.78, 5) is 31.4. The van der Waals surface area contributed by atoms with E-state index in [1.165, 1.54) is 18.2 Å². The second-order valence-electron chi connectivity index (χ2n) is 9.68. The predicted molar refractivity (Wildman–Crippen MR) is 161 cm³/mol. The molecule has 0 unspecified atom stereocenters. The van der Waals surface area contributed by atoms with Crippen LogP contribution in [0.4, 0.5) is 17.1 Å². The Morgan fingerprint density at radius 1 is 0.419 bits per heavy atom. The third-order valence-corrected chi connectivity index (χ3v) is 6.60. The fourth-order valence-electron chi connectivity index (χ4n) is 4.52. The first-order chi connectivity index (χ1) is 20.2. The molecule has 0 bridgehead atoms. The van der Waals surface area contributed by atoms with Crippen molar-refractivity contribution < 1.29 is 32.4 Å². The summed E-state index contributed by atoms with van der Waals surface area (Å²) in [6.07, 6.45) is 0. The maximum atomic E-state index is 11.3. The van der Waals surface area contributed by atoms with Crippen molar-refractivity contribution in [2.24, 2.45) is 15.5 Å². The molecule has 43 heavy (non-hydrogen) atoms. The molecule has 0 saturated carbocycles. The number of rotatable bonds is 3. The molecular formula is C33H24FeN3O6-3. The summed E-state index contributed by atoms with van der Waals surface area (Å²) in [5.74, 6) is -0.968. The number of nitroso groups, excluding NO2 is 3. The molecule has 0 amide bonds. The number of fused-ring (bicyclic) bond motifs is 3. The maximum absolute atomic E-state index is 11.3. The fraction of sp³-hybridized carbons (Fsp3) is 0.0909. The minimum atomic E-state index is -0.323. The van der Waals surface area contributed by atoms with Crippen molar-refractivity contribution in [2.75, 3.05) is 0 Å². The Morgan fingerprint density at radius 3 is 0.907 bits per heavy atom. The molecule has 0 spiro atoms. The van der Waals surface area contributed by atoms with Crippen molar-refractivity contribution in [1.29, 1.82) is 0 Å². The van der Waals surface area contributed by atoms with E-state index >= 15 is 0 Å². The van der Waals surface area contributed by atoms with Gasteiger partial charge in [-0.2, -0.15) is 0 Å². The molecule has 0 radical (unpaired) electrons. The van der Waals surface area contributed by atoms with Gasteiger partial charge in [-0.1, -0.05) is 125 Å². The summed E-state index contributed by atoms with van der Waals surface area (Å²) in [7, 11) is 0. The van der Waals surface area contributed by atoms with Gasteiger partial charge in [-0.3, -0.25) is 0 Å². The Kier molecular flexibility index (Phi) is 10.6. The van der Waals surface area contributed by atoms with E-state index in [0.717, 1.165) is 32.8 Å². The second kappa shape index (κ2) is 14.1. The first-order valence-electron chi connectivity index (χ1n) is 12.8. The zero-order chi connectivity index (χ0) is 30.4. The first kappa shape index (κ1) is 32.3. The van der Waals surface area contributed by atoms with Gasteiger partial charge in [-0.05, 0) is 52.5 Å². The molecule has 0 N–H and O–H groups in total. The summed E-state index contributed by atoms with van der Waals surface area (Å²) >= 11 is 0. The number of benzene rings is 6. The van der Waals surface area contributed by atoms with Crippen LogP contribution in [-0.2, 0) is 17.1 Å². The molecule has 218 valence electrons. The normalized spacial score (nSPS) is 10.1. The molecule has 0 heterocycles. The number of aryl methyl sites for hydroxylation is 3. The SMILES string of the molecule is Cc1ccc2c(N=O)c([O-])ccc2c1.Cc1ccc2c(N=O)c([O-])ccc2c1.Cc1ccc2c(N=O)c([O-])ccc2c1.[Fe]. The van der Waals surface area contributed by atoms with Crippen LogP contribution in [0.15, 0.2) is 107 Å². The van der Waals surface area contributed by atoms with Gasteiger partial charge in [0.1, 0.15) is 17.1 Å². The molecule has 0 atom stereocenters. The van der Waals surface area contributed by atoms with Crippen molar-refractivity contribution in [2.45, 2.75) is 20.8 Å². The van der Waals surface area contributed by atoms with Crippen molar-refractivity contribution in [1.82, 2.24) is 0 Å². The van der Waals surface area contributed by atoms with Crippen LogP contribution in [0.25, 0.3) is 32.3 Å². The zero-order valence-electron chi connectivity index (χ0n) is 23.3. The van der Waals surface area contributed by atoms with Crippen molar-refractivity contribution in [3.63, 3.8) is 0 Å². The van der Waals surface area contributed by atoms with E-state index in [1.54, 1.807) is 36.4 Å². The molecule has 6 rings (SSSR count). The van der Waals surface area contributed by atoms with Gasteiger partial charge in [-0.25, -0.2) is 0 Å². The van der Waals surface area contributed by atoms with Gasteiger partial charge >= 0.3 is 0 Å². The maximum Gasteiger partial charge on any atom is 0.107 e. The summed E-state index contributed by atoms with van der Waals surface area (Å²) in [6.45, 7) is 5.87. The average molecular weight is 614 g/mol. The quantitative estimate of drug-likeness (QED) is 0.146. The summed E-state index contributed by atoms with van der Waals surface area (Å²) in [6, 6.07) is 25.8. The average Bonchev–Trinajstić information content (AvgIpc) is 2.98. The van der Waals surface area contributed by atoms with E-state index < -0.39 is 0 Å². The molecular weight excluding hydrogens is 590 g/mol. The summed E-state index contributed by atoms with van der Waals surface area (Å²) in [5.41, 5.74) is 3.28. The molecule has 10 heteroatoms. The largest absolute Gasteiger partial charge is 0.871 e. The van der Waals surface area contributed by atoms with Crippen LogP contribution < -0.4 is 15.3 Å². The van der Waals surface area contributed by atoms with E-state index in [0.29, 0.717) is 16.2 Å². The summed E-state index contributed by atoms with van der Waals surface area (Å²) < 4.78 is 0. The Balaban J connectivity index is 0.000000175. The van der Waals surface area contributed by atoms with Crippen LogP contribution in [0.2, 0.25) is 0 Å². The molecule has 0 aliphatic carbocycles. The van der Waals surface area contributed by atoms with Gasteiger partial charge in [0.15, 0.2) is 0 Å². The predicted octanol–water partition coefficient (Wildman–Crippen LogP) is 7.86. The minimum Gasteiger partial charge on any atom is -0.871 e. The van der Waals surface area contributed by atoms with Gasteiger partial charge in [-0.15, -0.1) is 14.7 Å². The third-order valence-electron chi connectivity index (χ3n) is 6.60. The van der Waals surface area contributed by atoms with Gasteiger partial charge < -0.3 is 15.3 Å². The third kappa shape index (κ3) is 7.19. The van der Waals surface area contributed by atoms with E-state index in [9.17, 15) is 30.0 Å². The van der Waals surface area contributed by atoms with E-state index in [-0.39, 0.29) is 51.4 Å². The van der Waals surface area contributed by atoms with Crippen LogP contribution in [0.3, 0.4) is 0 Å². The van der Waals surface area contributed by atoms with Crippen LogP contribution >= 0.6 is 0 Å². The van der Waals surface area contributed by atoms with Crippen LogP contribution in [-0.4, -0.2) is 0 Å². The van der Waals surface area contributed by atoms with E-state index in [4.69, 9.17) is 0 Å². The van der Waals surface area contributed by atoms with Crippen molar-refractivity contribution >= 4 is 49.4 Å². The molecule has 0 aromatic heterocycles. The van der Waals surface area contributed by atoms with Gasteiger partial charge in [0.05, 0.1) is 0 Å². The minimum absolute atomic E-state index is 0. The van der Waals surface area contributed by atoms with Crippen LogP contribution in [0, 0.1) is 35.5 Å². The molecule has 0 aliphatic heterocycles. The number of nitrogens with zero attached hydrogens (tertiary/aromatic N) is 3. The van der Waals surface area contributed by atoms with Gasteiger partial charge in [0, 0.05) is 33.2 Å². The van der Waals surface area contributed by atoms with Crippen LogP contribution in [0.1, 0.15) is 16.7 Å². The Hall–Kier alpha value is -5.18. The molecule has 6 aromatic carbocycles. The van der Waals surface area contributed by atoms with Gasteiger partial charge in [0.25, 0.3) is 0 Å². The fourth-order valence-corrected chi connectivity index (χ4v) is 4.52. The zero-order valence-corrected chi connectivity index (χ0v) is 24.4. The Morgan fingerprint density at radius 2 is 0.674 bits per heavy atom. The summed E-state index contributed by atoms with van der Waals surface area (Å²) in [5, 5.41) is 46.6. The molecule has 0 aliphatic rings. The number of hydrogen-bond acceptors (Lipinski definition) is 9. The first-order valence-corrected chi connectivity index (χ1v) is 12.8.